The fourth-order valence-corrected chi connectivity index (χ4v) is 3.65. The quantitative estimate of drug-likeness (QED) is 0.265. The van der Waals surface area contributed by atoms with Crippen LogP contribution in [-0.2, 0) is 19.1 Å². The van der Waals surface area contributed by atoms with Crippen molar-refractivity contribution >= 4 is 34.6 Å². The van der Waals surface area contributed by atoms with E-state index >= 15 is 0 Å². The van der Waals surface area contributed by atoms with Gasteiger partial charge >= 0.3 is 18.0 Å². The zero-order valence-corrected chi connectivity index (χ0v) is 20.2. The number of fused-ring (bicyclic) bond motifs is 1. The Morgan fingerprint density at radius 1 is 1.03 bits per heavy atom. The number of carboxylic acid groups (broad SMARTS) is 1. The molecule has 35 heavy (non-hydrogen) atoms. The number of urea groups is 1. The molecule has 3 amide bonds. The van der Waals surface area contributed by atoms with E-state index in [1.54, 1.807) is 12.1 Å². The predicted octanol–water partition coefficient (Wildman–Crippen LogP) is 2.06. The highest BCUT2D eigenvalue weighted by Crippen LogP contribution is 2.26. The number of carbonyl (C=O) groups excluding carboxylic acids is 3. The fraction of sp³-hybridized carbons (Fsp3) is 0.440. The summed E-state index contributed by atoms with van der Waals surface area (Å²) in [7, 11) is 0. The van der Waals surface area contributed by atoms with Crippen LogP contribution in [0, 0.1) is 5.92 Å². The number of aliphatic hydroxyl groups is 1. The molecule has 190 valence electrons. The van der Waals surface area contributed by atoms with Crippen LogP contribution in [-0.4, -0.2) is 71.3 Å². The summed E-state index contributed by atoms with van der Waals surface area (Å²) in [5, 5.41) is 26.8. The second-order valence-corrected chi connectivity index (χ2v) is 8.63. The van der Waals surface area contributed by atoms with Gasteiger partial charge in [0.25, 0.3) is 0 Å². The highest BCUT2D eigenvalue weighted by molar-refractivity contribution is 5.87. The maximum absolute atomic E-state index is 13.2. The van der Waals surface area contributed by atoms with E-state index in [2.05, 4.69) is 10.6 Å². The van der Waals surface area contributed by atoms with Gasteiger partial charge in [-0.3, -0.25) is 9.59 Å². The fourth-order valence-electron chi connectivity index (χ4n) is 3.65. The van der Waals surface area contributed by atoms with Crippen molar-refractivity contribution < 1.29 is 34.1 Å². The van der Waals surface area contributed by atoms with Crippen LogP contribution in [0.4, 0.5) is 4.79 Å². The van der Waals surface area contributed by atoms with E-state index in [1.165, 1.54) is 11.8 Å². The molecule has 2 aromatic rings. The Kier molecular flexibility index (Phi) is 10.5. The Morgan fingerprint density at radius 3 is 2.37 bits per heavy atom. The minimum absolute atomic E-state index is 0.0132. The molecule has 0 aliphatic heterocycles. The summed E-state index contributed by atoms with van der Waals surface area (Å²) in [6.45, 7) is 4.94. The van der Waals surface area contributed by atoms with E-state index in [1.807, 2.05) is 44.2 Å². The molecular formula is C25H33N3O7. The Hall–Kier alpha value is -3.66. The van der Waals surface area contributed by atoms with Crippen LogP contribution in [0.15, 0.2) is 42.5 Å². The van der Waals surface area contributed by atoms with Crippen molar-refractivity contribution in [3.05, 3.63) is 48.0 Å². The average molecular weight is 488 g/mol. The second-order valence-electron chi connectivity index (χ2n) is 8.63. The third kappa shape index (κ3) is 8.90. The zero-order chi connectivity index (χ0) is 26.0. The van der Waals surface area contributed by atoms with Crippen LogP contribution in [0.2, 0.25) is 0 Å². The molecule has 0 aromatic heterocycles. The first-order chi connectivity index (χ1) is 16.6. The SMILES string of the molecule is CC(=O)NCCOC(=O)C(O)CN(CC(C)C)C(=O)NC(CC(=O)O)c1cccc2ccccc12. The van der Waals surface area contributed by atoms with Crippen LogP contribution in [0.5, 0.6) is 0 Å². The molecular weight excluding hydrogens is 454 g/mol. The number of nitrogens with zero attached hydrogens (tertiary/aromatic N) is 1. The molecule has 4 N–H and O–H groups in total. The van der Waals surface area contributed by atoms with Crippen molar-refractivity contribution in [1.82, 2.24) is 15.5 Å². The lowest BCUT2D eigenvalue weighted by Crippen LogP contribution is -2.48. The monoisotopic (exact) mass is 487 g/mol. The molecule has 0 heterocycles. The first-order valence-electron chi connectivity index (χ1n) is 11.4. The van der Waals surface area contributed by atoms with Crippen molar-refractivity contribution in [2.45, 2.75) is 39.3 Å². The Balaban J connectivity index is 2.16. The van der Waals surface area contributed by atoms with Gasteiger partial charge in [0.2, 0.25) is 5.91 Å². The number of carbonyl (C=O) groups is 4. The van der Waals surface area contributed by atoms with E-state index in [0.29, 0.717) is 5.56 Å². The second kappa shape index (κ2) is 13.3. The third-order valence-electron chi connectivity index (χ3n) is 5.13. The van der Waals surface area contributed by atoms with Gasteiger partial charge in [-0.1, -0.05) is 56.3 Å². The lowest BCUT2D eigenvalue weighted by Gasteiger charge is -2.29. The van der Waals surface area contributed by atoms with Gasteiger partial charge in [0.1, 0.15) is 6.61 Å². The van der Waals surface area contributed by atoms with E-state index in [-0.39, 0.29) is 44.5 Å². The van der Waals surface area contributed by atoms with Gasteiger partial charge in [0.05, 0.1) is 25.6 Å². The Bertz CT molecular complexity index is 1040. The molecule has 2 aromatic carbocycles. The normalized spacial score (nSPS) is 12.6. The number of hydrogen-bond donors (Lipinski definition) is 4. The molecule has 0 bridgehead atoms. The molecule has 0 saturated heterocycles. The molecule has 2 atom stereocenters. The van der Waals surface area contributed by atoms with Crippen molar-refractivity contribution in [2.24, 2.45) is 5.92 Å². The highest BCUT2D eigenvalue weighted by Gasteiger charge is 2.27. The lowest BCUT2D eigenvalue weighted by atomic mass is 9.97. The van der Waals surface area contributed by atoms with Gasteiger partial charge in [0.15, 0.2) is 6.10 Å². The summed E-state index contributed by atoms with van der Waals surface area (Å²) in [5.74, 6) is -2.27. The van der Waals surface area contributed by atoms with Gasteiger partial charge in [-0.25, -0.2) is 9.59 Å². The highest BCUT2D eigenvalue weighted by atomic mass is 16.5. The van der Waals surface area contributed by atoms with Crippen LogP contribution >= 0.6 is 0 Å². The maximum Gasteiger partial charge on any atom is 0.336 e. The molecule has 2 rings (SSSR count). The number of hydrogen-bond acceptors (Lipinski definition) is 6. The Morgan fingerprint density at radius 2 is 1.71 bits per heavy atom. The first-order valence-corrected chi connectivity index (χ1v) is 11.4. The zero-order valence-electron chi connectivity index (χ0n) is 20.2. The molecule has 10 nitrogen and oxygen atoms in total. The van der Waals surface area contributed by atoms with E-state index < -0.39 is 30.1 Å². The van der Waals surface area contributed by atoms with Crippen LogP contribution in [0.25, 0.3) is 10.8 Å². The summed E-state index contributed by atoms with van der Waals surface area (Å²) < 4.78 is 4.95. The topological polar surface area (TPSA) is 145 Å². The van der Waals surface area contributed by atoms with Crippen molar-refractivity contribution in [3.63, 3.8) is 0 Å². The lowest BCUT2D eigenvalue weighted by molar-refractivity contribution is -0.154. The summed E-state index contributed by atoms with van der Waals surface area (Å²) in [6.07, 6.45) is -1.95. The molecule has 0 aliphatic rings. The van der Waals surface area contributed by atoms with Gasteiger partial charge in [-0.05, 0) is 22.3 Å². The van der Waals surface area contributed by atoms with Gasteiger partial charge < -0.3 is 30.5 Å². The van der Waals surface area contributed by atoms with E-state index in [4.69, 9.17) is 4.74 Å². The van der Waals surface area contributed by atoms with Crippen LogP contribution in [0.1, 0.15) is 38.8 Å². The Labute approximate surface area is 204 Å². The number of amides is 3. The largest absolute Gasteiger partial charge is 0.481 e. The number of ether oxygens (including phenoxy) is 1. The molecule has 0 spiro atoms. The molecule has 0 radical (unpaired) electrons. The molecule has 0 fully saturated rings. The van der Waals surface area contributed by atoms with E-state index in [9.17, 15) is 29.4 Å². The number of esters is 1. The summed E-state index contributed by atoms with van der Waals surface area (Å²) in [4.78, 5) is 49.1. The minimum atomic E-state index is -1.60. The molecule has 10 heteroatoms. The number of rotatable bonds is 12. The van der Waals surface area contributed by atoms with Crippen molar-refractivity contribution in [3.8, 4) is 0 Å². The number of aliphatic carboxylic acids is 1. The molecule has 0 saturated carbocycles. The van der Waals surface area contributed by atoms with Gasteiger partial charge in [0, 0.05) is 13.5 Å². The first kappa shape index (κ1) is 27.6. The molecule has 0 aliphatic carbocycles. The number of carboxylic acids is 1. The van der Waals surface area contributed by atoms with E-state index in [0.717, 1.165) is 10.8 Å². The number of aliphatic hydroxyl groups excluding tert-OH is 1. The predicted molar refractivity (Wildman–Crippen MR) is 130 cm³/mol. The average Bonchev–Trinajstić information content (AvgIpc) is 2.79. The number of nitrogens with one attached hydrogen (secondary N) is 2. The summed E-state index contributed by atoms with van der Waals surface area (Å²) >= 11 is 0. The number of benzene rings is 2. The van der Waals surface area contributed by atoms with Crippen LogP contribution < -0.4 is 10.6 Å². The summed E-state index contributed by atoms with van der Waals surface area (Å²) in [5.41, 5.74) is 0.654. The van der Waals surface area contributed by atoms with Crippen molar-refractivity contribution in [2.75, 3.05) is 26.2 Å². The minimum Gasteiger partial charge on any atom is -0.481 e. The summed E-state index contributed by atoms with van der Waals surface area (Å²) in [6, 6.07) is 11.5. The van der Waals surface area contributed by atoms with Gasteiger partial charge in [-0.2, -0.15) is 0 Å². The molecule has 2 unspecified atom stereocenters. The third-order valence-corrected chi connectivity index (χ3v) is 5.13. The van der Waals surface area contributed by atoms with Crippen LogP contribution in [0.3, 0.4) is 0 Å². The van der Waals surface area contributed by atoms with Crippen molar-refractivity contribution in [1.29, 1.82) is 0 Å². The standard InChI is InChI=1S/C25H33N3O7/c1-16(2)14-28(15-22(30)24(33)35-12-11-26-17(3)29)25(34)27-21(13-23(31)32)20-10-6-8-18-7-4-5-9-19(18)20/h4-10,16,21-22,30H,11-15H2,1-3H3,(H,26,29)(H,27,34)(H,31,32). The van der Waals surface area contributed by atoms with Gasteiger partial charge in [-0.15, -0.1) is 0 Å². The maximum atomic E-state index is 13.2. The smallest absolute Gasteiger partial charge is 0.336 e.